The Balaban J connectivity index is 0.00000256. The van der Waals surface area contributed by atoms with Gasteiger partial charge in [-0.15, -0.1) is 12.4 Å². The van der Waals surface area contributed by atoms with Gasteiger partial charge in [-0.05, 0) is 25.0 Å². The molecule has 4 heteroatoms. The first kappa shape index (κ1) is 15.8. The average molecular weight is 257 g/mol. The molecule has 3 nitrogen and oxygen atoms in total. The molecule has 0 spiro atoms. The molecule has 0 aliphatic rings. The third-order valence-corrected chi connectivity index (χ3v) is 2.47. The molecule has 96 valence electrons. The zero-order valence-electron chi connectivity index (χ0n) is 10.5. The van der Waals surface area contributed by atoms with Gasteiger partial charge >= 0.3 is 0 Å². The number of carbonyl (C=O) groups is 1. The fourth-order valence-corrected chi connectivity index (χ4v) is 1.72. The largest absolute Gasteiger partial charge is 0.398 e. The minimum absolute atomic E-state index is 0. The van der Waals surface area contributed by atoms with E-state index < -0.39 is 0 Å². The van der Waals surface area contributed by atoms with E-state index >= 15 is 0 Å². The van der Waals surface area contributed by atoms with Gasteiger partial charge in [0.05, 0.1) is 5.56 Å². The molecule has 0 unspecified atom stereocenters. The van der Waals surface area contributed by atoms with Crippen LogP contribution in [0.4, 0.5) is 5.69 Å². The summed E-state index contributed by atoms with van der Waals surface area (Å²) in [5.41, 5.74) is 6.98. The number of carbonyl (C=O) groups excluding carboxylic acids is 1. The van der Waals surface area contributed by atoms with Crippen LogP contribution in [-0.2, 0) is 0 Å². The van der Waals surface area contributed by atoms with Crippen LogP contribution in [0.3, 0.4) is 0 Å². The Morgan fingerprint density at radius 3 is 2.18 bits per heavy atom. The summed E-state index contributed by atoms with van der Waals surface area (Å²) in [5, 5.41) is 0. The molecule has 0 aliphatic carbocycles. The van der Waals surface area contributed by atoms with Crippen molar-refractivity contribution in [1.82, 2.24) is 4.90 Å². The van der Waals surface area contributed by atoms with Crippen LogP contribution in [0.15, 0.2) is 24.3 Å². The Morgan fingerprint density at radius 1 is 1.18 bits per heavy atom. The standard InChI is InChI=1S/C13H20N2O.ClH/c1-3-9-15(10-4-2)13(16)11-7-5-6-8-12(11)14;/h5-8H,3-4,9-10,14H2,1-2H3;1H. The Hall–Kier alpha value is -1.22. The molecule has 0 radical (unpaired) electrons. The van der Waals surface area contributed by atoms with Gasteiger partial charge in [0.1, 0.15) is 0 Å². The number of nitrogens with zero attached hydrogens (tertiary/aromatic N) is 1. The quantitative estimate of drug-likeness (QED) is 0.824. The normalized spacial score (nSPS) is 9.53. The highest BCUT2D eigenvalue weighted by Crippen LogP contribution is 2.14. The SMILES string of the molecule is CCCN(CCC)C(=O)c1ccccc1N.Cl. The first-order valence-electron chi connectivity index (χ1n) is 5.84. The second kappa shape index (κ2) is 7.96. The summed E-state index contributed by atoms with van der Waals surface area (Å²) < 4.78 is 0. The monoisotopic (exact) mass is 256 g/mol. The van der Waals surface area contributed by atoms with Gasteiger partial charge < -0.3 is 10.6 Å². The van der Waals surface area contributed by atoms with E-state index in [-0.39, 0.29) is 18.3 Å². The van der Waals surface area contributed by atoms with Crippen molar-refractivity contribution in [2.45, 2.75) is 26.7 Å². The van der Waals surface area contributed by atoms with E-state index in [1.807, 2.05) is 17.0 Å². The van der Waals surface area contributed by atoms with Gasteiger partial charge in [0.2, 0.25) is 0 Å². The third kappa shape index (κ3) is 4.27. The Morgan fingerprint density at radius 2 is 1.71 bits per heavy atom. The van der Waals surface area contributed by atoms with E-state index in [4.69, 9.17) is 5.73 Å². The van der Waals surface area contributed by atoms with Gasteiger partial charge in [-0.1, -0.05) is 26.0 Å². The maximum absolute atomic E-state index is 12.2. The van der Waals surface area contributed by atoms with Crippen LogP contribution in [-0.4, -0.2) is 23.9 Å². The fraction of sp³-hybridized carbons (Fsp3) is 0.462. The molecule has 1 aromatic carbocycles. The number of rotatable bonds is 5. The topological polar surface area (TPSA) is 46.3 Å². The maximum atomic E-state index is 12.2. The molecule has 1 rings (SSSR count). The first-order valence-corrected chi connectivity index (χ1v) is 5.84. The van der Waals surface area contributed by atoms with Crippen molar-refractivity contribution in [2.75, 3.05) is 18.8 Å². The molecule has 0 saturated heterocycles. The van der Waals surface area contributed by atoms with Crippen LogP contribution in [0, 0.1) is 0 Å². The zero-order valence-corrected chi connectivity index (χ0v) is 11.3. The molecule has 2 N–H and O–H groups in total. The summed E-state index contributed by atoms with van der Waals surface area (Å²) in [6.45, 7) is 5.73. The summed E-state index contributed by atoms with van der Waals surface area (Å²) in [4.78, 5) is 14.1. The maximum Gasteiger partial charge on any atom is 0.255 e. The van der Waals surface area contributed by atoms with E-state index in [1.165, 1.54) is 0 Å². The van der Waals surface area contributed by atoms with Gasteiger partial charge in [0.25, 0.3) is 5.91 Å². The number of anilines is 1. The number of nitrogen functional groups attached to an aromatic ring is 1. The lowest BCUT2D eigenvalue weighted by atomic mass is 10.1. The summed E-state index contributed by atoms with van der Waals surface area (Å²) in [5.74, 6) is 0.0433. The highest BCUT2D eigenvalue weighted by atomic mass is 35.5. The molecule has 0 saturated carbocycles. The molecular formula is C13H21ClN2O. The van der Waals surface area contributed by atoms with Crippen LogP contribution >= 0.6 is 12.4 Å². The number of hydrogen-bond acceptors (Lipinski definition) is 2. The molecule has 17 heavy (non-hydrogen) atoms. The van der Waals surface area contributed by atoms with Crippen molar-refractivity contribution in [3.63, 3.8) is 0 Å². The number of para-hydroxylation sites is 1. The van der Waals surface area contributed by atoms with E-state index in [9.17, 15) is 4.79 Å². The van der Waals surface area contributed by atoms with E-state index in [0.29, 0.717) is 11.3 Å². The second-order valence-corrected chi connectivity index (χ2v) is 3.88. The van der Waals surface area contributed by atoms with E-state index in [0.717, 1.165) is 25.9 Å². The minimum Gasteiger partial charge on any atom is -0.398 e. The Bertz CT molecular complexity index is 349. The van der Waals surface area contributed by atoms with Gasteiger partial charge in [-0.2, -0.15) is 0 Å². The molecule has 1 aromatic rings. The van der Waals surface area contributed by atoms with Crippen LogP contribution in [0.5, 0.6) is 0 Å². The summed E-state index contributed by atoms with van der Waals surface area (Å²) in [6, 6.07) is 7.25. The molecule has 0 aromatic heterocycles. The Kier molecular flexibility index (Phi) is 7.39. The van der Waals surface area contributed by atoms with Crippen molar-refractivity contribution in [1.29, 1.82) is 0 Å². The number of halogens is 1. The molecule has 0 heterocycles. The van der Waals surface area contributed by atoms with Crippen LogP contribution in [0.2, 0.25) is 0 Å². The summed E-state index contributed by atoms with van der Waals surface area (Å²) in [7, 11) is 0. The predicted molar refractivity (Wildman–Crippen MR) is 74.6 cm³/mol. The van der Waals surface area contributed by atoms with Crippen LogP contribution < -0.4 is 5.73 Å². The van der Waals surface area contributed by atoms with E-state index in [2.05, 4.69) is 13.8 Å². The third-order valence-electron chi connectivity index (χ3n) is 2.47. The fourth-order valence-electron chi connectivity index (χ4n) is 1.72. The average Bonchev–Trinajstić information content (AvgIpc) is 2.28. The minimum atomic E-state index is 0. The molecule has 0 atom stereocenters. The van der Waals surface area contributed by atoms with Crippen LogP contribution in [0.1, 0.15) is 37.0 Å². The molecule has 1 amide bonds. The van der Waals surface area contributed by atoms with Crippen molar-refractivity contribution < 1.29 is 4.79 Å². The number of benzene rings is 1. The lowest BCUT2D eigenvalue weighted by molar-refractivity contribution is 0.0756. The van der Waals surface area contributed by atoms with Gasteiger partial charge in [0, 0.05) is 18.8 Å². The van der Waals surface area contributed by atoms with Gasteiger partial charge in [0.15, 0.2) is 0 Å². The summed E-state index contributed by atoms with van der Waals surface area (Å²) >= 11 is 0. The first-order chi connectivity index (χ1) is 7.70. The van der Waals surface area contributed by atoms with Gasteiger partial charge in [-0.25, -0.2) is 0 Å². The highest BCUT2D eigenvalue weighted by Gasteiger charge is 2.15. The van der Waals surface area contributed by atoms with Crippen LogP contribution in [0.25, 0.3) is 0 Å². The molecule has 0 bridgehead atoms. The molecular weight excluding hydrogens is 236 g/mol. The molecule has 0 fully saturated rings. The lowest BCUT2D eigenvalue weighted by Crippen LogP contribution is -2.32. The van der Waals surface area contributed by atoms with Crippen molar-refractivity contribution >= 4 is 24.0 Å². The summed E-state index contributed by atoms with van der Waals surface area (Å²) in [6.07, 6.45) is 1.94. The Labute approximate surface area is 109 Å². The van der Waals surface area contributed by atoms with Crippen molar-refractivity contribution in [3.05, 3.63) is 29.8 Å². The van der Waals surface area contributed by atoms with E-state index in [1.54, 1.807) is 12.1 Å². The zero-order chi connectivity index (χ0) is 12.0. The predicted octanol–water partition coefficient (Wildman–Crippen LogP) is 2.95. The number of nitrogens with two attached hydrogens (primary N) is 1. The highest BCUT2D eigenvalue weighted by molar-refractivity contribution is 5.99. The van der Waals surface area contributed by atoms with Crippen molar-refractivity contribution in [3.8, 4) is 0 Å². The second-order valence-electron chi connectivity index (χ2n) is 3.88. The molecule has 0 aliphatic heterocycles. The van der Waals surface area contributed by atoms with Gasteiger partial charge in [-0.3, -0.25) is 4.79 Å². The number of amides is 1. The van der Waals surface area contributed by atoms with Crippen molar-refractivity contribution in [2.24, 2.45) is 0 Å². The number of hydrogen-bond donors (Lipinski definition) is 1. The smallest absolute Gasteiger partial charge is 0.255 e. The lowest BCUT2D eigenvalue weighted by Gasteiger charge is -2.22.